The molecule has 1 heterocycles. The Labute approximate surface area is 207 Å². The quantitative estimate of drug-likeness (QED) is 0.327. The second-order valence-corrected chi connectivity index (χ2v) is 8.94. The van der Waals surface area contributed by atoms with Crippen LogP contribution < -0.4 is 0 Å². The first-order chi connectivity index (χ1) is 17.1. The maximum atomic E-state index is 13.1. The number of halogens is 3. The Morgan fingerprint density at radius 3 is 2.42 bits per heavy atom. The molecule has 0 aliphatic carbocycles. The van der Waals surface area contributed by atoms with E-state index in [9.17, 15) is 23.2 Å². The number of carbonyl (C=O) groups is 1. The van der Waals surface area contributed by atoms with Crippen LogP contribution in [0, 0.1) is 18.3 Å². The number of imidazole rings is 1. The maximum absolute atomic E-state index is 13.1. The number of amides is 1. The molecule has 4 aromatic rings. The average molecular weight is 491 g/mol. The van der Waals surface area contributed by atoms with Crippen molar-refractivity contribution in [2.45, 2.75) is 32.5 Å². The van der Waals surface area contributed by atoms with Gasteiger partial charge in [0.2, 0.25) is 0 Å². The fourth-order valence-electron chi connectivity index (χ4n) is 4.25. The Kier molecular flexibility index (Phi) is 6.84. The number of aromatic nitrogens is 2. The Morgan fingerprint density at radius 2 is 1.78 bits per heavy atom. The highest BCUT2D eigenvalue weighted by Crippen LogP contribution is 2.28. The van der Waals surface area contributed by atoms with E-state index in [2.05, 4.69) is 11.1 Å². The third kappa shape index (κ3) is 5.25. The highest BCUT2D eigenvalue weighted by atomic mass is 19.4. The molecule has 36 heavy (non-hydrogen) atoms. The number of fused-ring (bicyclic) bond motifs is 1. The number of hydrogen-bond acceptors (Lipinski definition) is 3. The van der Waals surface area contributed by atoms with Gasteiger partial charge in [0.1, 0.15) is 5.82 Å². The van der Waals surface area contributed by atoms with Gasteiger partial charge in [0.25, 0.3) is 5.91 Å². The van der Waals surface area contributed by atoms with Crippen LogP contribution in [0.4, 0.5) is 13.2 Å². The minimum Gasteiger partial charge on any atom is -0.345 e. The van der Waals surface area contributed by atoms with E-state index in [4.69, 9.17) is 0 Å². The smallest absolute Gasteiger partial charge is 0.345 e. The summed E-state index contributed by atoms with van der Waals surface area (Å²) in [5.41, 5.74) is 5.51. The largest absolute Gasteiger partial charge is 0.389 e. The first-order valence-electron chi connectivity index (χ1n) is 11.4. The normalized spacial score (nSPS) is 11.5. The molecule has 0 bridgehead atoms. The molecule has 0 fully saturated rings. The minimum atomic E-state index is -4.31. The molecule has 0 saturated heterocycles. The van der Waals surface area contributed by atoms with Crippen LogP contribution >= 0.6 is 0 Å². The van der Waals surface area contributed by atoms with Crippen molar-refractivity contribution in [1.82, 2.24) is 14.5 Å². The van der Waals surface area contributed by atoms with Crippen LogP contribution in [0.15, 0.2) is 60.7 Å². The monoisotopic (exact) mass is 490 g/mol. The lowest BCUT2D eigenvalue weighted by atomic mass is 9.99. The van der Waals surface area contributed by atoms with Crippen LogP contribution in [0.2, 0.25) is 0 Å². The van der Waals surface area contributed by atoms with Crippen molar-refractivity contribution in [3.8, 4) is 17.2 Å². The van der Waals surface area contributed by atoms with Gasteiger partial charge < -0.3 is 9.47 Å². The highest BCUT2D eigenvalue weighted by molar-refractivity contribution is 5.98. The Hall–Kier alpha value is -4.12. The Morgan fingerprint density at radius 1 is 1.08 bits per heavy atom. The zero-order valence-electron chi connectivity index (χ0n) is 20.2. The van der Waals surface area contributed by atoms with E-state index in [1.165, 1.54) is 4.90 Å². The van der Waals surface area contributed by atoms with E-state index in [0.29, 0.717) is 34.5 Å². The van der Waals surface area contributed by atoms with Crippen LogP contribution in [0.5, 0.6) is 0 Å². The van der Waals surface area contributed by atoms with E-state index < -0.39 is 12.6 Å². The molecule has 0 radical (unpaired) electrons. The van der Waals surface area contributed by atoms with Gasteiger partial charge in [-0.1, -0.05) is 42.5 Å². The molecule has 0 saturated carbocycles. The lowest BCUT2D eigenvalue weighted by Crippen LogP contribution is -2.21. The third-order valence-electron chi connectivity index (χ3n) is 6.06. The number of rotatable bonds is 6. The summed E-state index contributed by atoms with van der Waals surface area (Å²) in [6.45, 7) is 2.10. The van der Waals surface area contributed by atoms with E-state index in [1.54, 1.807) is 49.9 Å². The summed E-state index contributed by atoms with van der Waals surface area (Å²) in [6.07, 6.45) is -5.55. The standard InChI is InChI=1S/C28H25F3N4O/c1-18-14-22(27(36)34(2)3)15-24-26(18)33-25(12-13-28(29,30)31)35(24)17-19-8-10-20(11-9-19)23-7-5-4-6-21(23)16-32/h4-11,14-15H,12-13,17H2,1-3H3. The summed E-state index contributed by atoms with van der Waals surface area (Å²) in [5, 5.41) is 9.40. The number of nitrogens with zero attached hydrogens (tertiary/aromatic N) is 4. The van der Waals surface area contributed by atoms with Gasteiger partial charge in [0.05, 0.1) is 29.1 Å². The molecule has 0 unspecified atom stereocenters. The number of aryl methyl sites for hydroxylation is 2. The molecule has 0 N–H and O–H groups in total. The van der Waals surface area contributed by atoms with Crippen molar-refractivity contribution in [3.05, 3.63) is 88.7 Å². The topological polar surface area (TPSA) is 61.9 Å². The molecule has 0 aliphatic rings. The van der Waals surface area contributed by atoms with Crippen molar-refractivity contribution in [1.29, 1.82) is 5.26 Å². The second kappa shape index (κ2) is 9.86. The summed E-state index contributed by atoms with van der Waals surface area (Å²) in [6, 6.07) is 20.5. The van der Waals surface area contributed by atoms with Gasteiger partial charge in [-0.2, -0.15) is 18.4 Å². The maximum Gasteiger partial charge on any atom is 0.389 e. The molecule has 4 rings (SSSR count). The van der Waals surface area contributed by atoms with E-state index in [-0.39, 0.29) is 12.3 Å². The molecule has 3 aromatic carbocycles. The third-order valence-corrected chi connectivity index (χ3v) is 6.06. The highest BCUT2D eigenvalue weighted by Gasteiger charge is 2.28. The minimum absolute atomic E-state index is 0.190. The predicted molar refractivity (Wildman–Crippen MR) is 133 cm³/mol. The van der Waals surface area contributed by atoms with Crippen molar-refractivity contribution in [3.63, 3.8) is 0 Å². The fourth-order valence-corrected chi connectivity index (χ4v) is 4.25. The van der Waals surface area contributed by atoms with Crippen LogP contribution in [0.1, 0.15) is 39.3 Å². The number of benzene rings is 3. The van der Waals surface area contributed by atoms with Crippen LogP contribution in [-0.2, 0) is 13.0 Å². The van der Waals surface area contributed by atoms with Crippen LogP contribution in [0.25, 0.3) is 22.2 Å². The molecular formula is C28H25F3N4O. The molecule has 0 atom stereocenters. The Bertz CT molecular complexity index is 1460. The van der Waals surface area contributed by atoms with Gasteiger partial charge in [0, 0.05) is 32.6 Å². The SMILES string of the molecule is Cc1cc(C(=O)N(C)C)cc2c1nc(CCC(F)(F)F)n2Cc1ccc(-c2ccccc2C#N)cc1. The first kappa shape index (κ1) is 25.0. The predicted octanol–water partition coefficient (Wildman–Crippen LogP) is 6.13. The van der Waals surface area contributed by atoms with Gasteiger partial charge in [-0.05, 0) is 47.4 Å². The number of nitriles is 1. The lowest BCUT2D eigenvalue weighted by molar-refractivity contribution is -0.134. The van der Waals surface area contributed by atoms with Crippen molar-refractivity contribution in [2.75, 3.05) is 14.1 Å². The summed E-state index contributed by atoms with van der Waals surface area (Å²) in [5.74, 6) is 0.129. The second-order valence-electron chi connectivity index (χ2n) is 8.94. The fraction of sp³-hybridized carbons (Fsp3) is 0.250. The van der Waals surface area contributed by atoms with E-state index in [0.717, 1.165) is 22.3 Å². The zero-order valence-corrected chi connectivity index (χ0v) is 20.2. The Balaban J connectivity index is 1.76. The molecule has 1 amide bonds. The van der Waals surface area contributed by atoms with Crippen LogP contribution in [0.3, 0.4) is 0 Å². The summed E-state index contributed by atoms with van der Waals surface area (Å²) >= 11 is 0. The summed E-state index contributed by atoms with van der Waals surface area (Å²) in [7, 11) is 3.31. The molecule has 1 aromatic heterocycles. The van der Waals surface area contributed by atoms with Crippen molar-refractivity contribution in [2.24, 2.45) is 0 Å². The van der Waals surface area contributed by atoms with E-state index >= 15 is 0 Å². The van der Waals surface area contributed by atoms with Gasteiger partial charge >= 0.3 is 6.18 Å². The number of hydrogen-bond donors (Lipinski definition) is 0. The number of alkyl halides is 3. The van der Waals surface area contributed by atoms with E-state index in [1.807, 2.05) is 36.4 Å². The molecule has 8 heteroatoms. The molecule has 184 valence electrons. The summed E-state index contributed by atoms with van der Waals surface area (Å²) in [4.78, 5) is 18.6. The summed E-state index contributed by atoms with van der Waals surface area (Å²) < 4.78 is 40.9. The molecule has 0 spiro atoms. The van der Waals surface area contributed by atoms with Gasteiger partial charge in [-0.3, -0.25) is 4.79 Å². The van der Waals surface area contributed by atoms with Crippen molar-refractivity contribution < 1.29 is 18.0 Å². The molecule has 5 nitrogen and oxygen atoms in total. The molecular weight excluding hydrogens is 465 g/mol. The van der Waals surface area contributed by atoms with Crippen molar-refractivity contribution >= 4 is 16.9 Å². The van der Waals surface area contributed by atoms with Gasteiger partial charge in [-0.15, -0.1) is 0 Å². The van der Waals surface area contributed by atoms with Gasteiger partial charge in [-0.25, -0.2) is 4.98 Å². The average Bonchev–Trinajstić information content (AvgIpc) is 3.20. The zero-order chi connectivity index (χ0) is 26.0. The lowest BCUT2D eigenvalue weighted by Gasteiger charge is -2.14. The number of carbonyl (C=O) groups excluding carboxylic acids is 1. The van der Waals surface area contributed by atoms with Gasteiger partial charge in [0.15, 0.2) is 0 Å². The first-order valence-corrected chi connectivity index (χ1v) is 11.4. The molecule has 0 aliphatic heterocycles. The van der Waals surface area contributed by atoms with Crippen LogP contribution in [-0.4, -0.2) is 40.6 Å².